The Labute approximate surface area is 119 Å². The van der Waals surface area contributed by atoms with E-state index >= 15 is 0 Å². The normalized spacial score (nSPS) is 26.4. The summed E-state index contributed by atoms with van der Waals surface area (Å²) in [7, 11) is -3.77. The van der Waals surface area contributed by atoms with Crippen LogP contribution in [0.3, 0.4) is 0 Å². The predicted octanol–water partition coefficient (Wildman–Crippen LogP) is 2.00. The number of piperidine rings is 1. The Kier molecular flexibility index (Phi) is 4.46. The van der Waals surface area contributed by atoms with Gasteiger partial charge in [-0.05, 0) is 43.9 Å². The van der Waals surface area contributed by atoms with Crippen molar-refractivity contribution in [2.24, 2.45) is 5.92 Å². The molecule has 1 aromatic carbocycles. The van der Waals surface area contributed by atoms with Crippen molar-refractivity contribution in [1.29, 1.82) is 0 Å². The van der Waals surface area contributed by atoms with Gasteiger partial charge < -0.3 is 5.11 Å². The van der Waals surface area contributed by atoms with Gasteiger partial charge in [0, 0.05) is 6.54 Å². The van der Waals surface area contributed by atoms with Crippen LogP contribution in [-0.2, 0) is 10.0 Å². The molecule has 20 heavy (non-hydrogen) atoms. The first kappa shape index (κ1) is 15.4. The van der Waals surface area contributed by atoms with E-state index in [2.05, 4.69) is 0 Å². The van der Waals surface area contributed by atoms with Gasteiger partial charge in [-0.25, -0.2) is 12.8 Å². The number of rotatable bonds is 3. The second-order valence-electron chi connectivity index (χ2n) is 5.51. The molecule has 3 atom stereocenters. The molecular weight excluding hydrogens is 281 g/mol. The molecule has 0 saturated carbocycles. The number of aliphatic hydroxyl groups is 1. The lowest BCUT2D eigenvalue weighted by Gasteiger charge is -2.39. The molecule has 4 nitrogen and oxygen atoms in total. The molecule has 1 aromatic rings. The SMILES string of the molecule is CC1CCN(S(=O)(=O)c2cccc(F)c2)C(C(C)O)C1. The molecular formula is C14H20FNO3S. The maximum Gasteiger partial charge on any atom is 0.243 e. The van der Waals surface area contributed by atoms with Gasteiger partial charge in [-0.3, -0.25) is 0 Å². The first-order valence-corrected chi connectivity index (χ1v) is 8.22. The Morgan fingerprint density at radius 1 is 1.45 bits per heavy atom. The molecule has 3 unspecified atom stereocenters. The van der Waals surface area contributed by atoms with Crippen LogP contribution in [0.15, 0.2) is 29.2 Å². The third-order valence-electron chi connectivity index (χ3n) is 3.82. The number of benzene rings is 1. The molecule has 1 saturated heterocycles. The topological polar surface area (TPSA) is 57.6 Å². The standard InChI is InChI=1S/C14H20FNO3S/c1-10-6-7-16(14(8-10)11(2)17)20(18,19)13-5-3-4-12(15)9-13/h3-5,9-11,14,17H,6-8H2,1-2H3. The first-order valence-electron chi connectivity index (χ1n) is 6.78. The monoisotopic (exact) mass is 301 g/mol. The van der Waals surface area contributed by atoms with Gasteiger partial charge in [0.15, 0.2) is 0 Å². The van der Waals surface area contributed by atoms with Gasteiger partial charge in [0.05, 0.1) is 17.0 Å². The summed E-state index contributed by atoms with van der Waals surface area (Å²) in [5, 5.41) is 9.85. The highest BCUT2D eigenvalue weighted by Gasteiger charge is 2.38. The summed E-state index contributed by atoms with van der Waals surface area (Å²) in [6.45, 7) is 3.99. The summed E-state index contributed by atoms with van der Waals surface area (Å²) in [6.07, 6.45) is 0.616. The van der Waals surface area contributed by atoms with E-state index in [1.807, 2.05) is 6.92 Å². The zero-order chi connectivity index (χ0) is 14.9. The summed E-state index contributed by atoms with van der Waals surface area (Å²) >= 11 is 0. The molecule has 6 heteroatoms. The van der Waals surface area contributed by atoms with Gasteiger partial charge in [-0.1, -0.05) is 13.0 Å². The van der Waals surface area contributed by atoms with Crippen molar-refractivity contribution in [3.63, 3.8) is 0 Å². The lowest BCUT2D eigenvalue weighted by Crippen LogP contribution is -2.50. The van der Waals surface area contributed by atoms with Gasteiger partial charge in [0.25, 0.3) is 0 Å². The number of halogens is 1. The highest BCUT2D eigenvalue weighted by Crippen LogP contribution is 2.30. The third kappa shape index (κ3) is 3.02. The third-order valence-corrected chi connectivity index (χ3v) is 5.74. The van der Waals surface area contributed by atoms with Crippen LogP contribution in [0.2, 0.25) is 0 Å². The number of hydrogen-bond acceptors (Lipinski definition) is 3. The lowest BCUT2D eigenvalue weighted by atomic mass is 9.92. The first-order chi connectivity index (χ1) is 9.32. The van der Waals surface area contributed by atoms with Crippen molar-refractivity contribution in [3.05, 3.63) is 30.1 Å². The largest absolute Gasteiger partial charge is 0.392 e. The lowest BCUT2D eigenvalue weighted by molar-refractivity contribution is 0.0676. The van der Waals surface area contributed by atoms with Crippen LogP contribution < -0.4 is 0 Å². The fourth-order valence-corrected chi connectivity index (χ4v) is 4.41. The van der Waals surface area contributed by atoms with Gasteiger partial charge in [-0.2, -0.15) is 4.31 Å². The number of sulfonamides is 1. The van der Waals surface area contributed by atoms with Crippen molar-refractivity contribution >= 4 is 10.0 Å². The zero-order valence-corrected chi connectivity index (χ0v) is 12.5. The summed E-state index contributed by atoms with van der Waals surface area (Å²) in [6, 6.07) is 4.55. The molecule has 1 fully saturated rings. The highest BCUT2D eigenvalue weighted by atomic mass is 32.2. The van der Waals surface area contributed by atoms with Crippen molar-refractivity contribution in [3.8, 4) is 0 Å². The Bertz CT molecular complexity index is 574. The Morgan fingerprint density at radius 3 is 2.75 bits per heavy atom. The summed E-state index contributed by atoms with van der Waals surface area (Å²) in [4.78, 5) is -0.0577. The number of nitrogens with zero attached hydrogens (tertiary/aromatic N) is 1. The molecule has 0 radical (unpaired) electrons. The van der Waals surface area contributed by atoms with Crippen LogP contribution in [0, 0.1) is 11.7 Å². The van der Waals surface area contributed by atoms with Gasteiger partial charge in [-0.15, -0.1) is 0 Å². The van der Waals surface area contributed by atoms with Gasteiger partial charge in [0.2, 0.25) is 10.0 Å². The molecule has 1 heterocycles. The van der Waals surface area contributed by atoms with Crippen molar-refractivity contribution in [2.75, 3.05) is 6.54 Å². The van der Waals surface area contributed by atoms with E-state index < -0.39 is 28.0 Å². The zero-order valence-electron chi connectivity index (χ0n) is 11.7. The average Bonchev–Trinajstić information content (AvgIpc) is 2.38. The van der Waals surface area contributed by atoms with E-state index in [-0.39, 0.29) is 4.90 Å². The maximum atomic E-state index is 13.3. The second-order valence-corrected chi connectivity index (χ2v) is 7.40. The van der Waals surface area contributed by atoms with Gasteiger partial charge in [0.1, 0.15) is 5.82 Å². The van der Waals surface area contributed by atoms with E-state index in [1.165, 1.54) is 22.5 Å². The molecule has 112 valence electrons. The fourth-order valence-electron chi connectivity index (χ4n) is 2.66. The minimum atomic E-state index is -3.77. The fraction of sp³-hybridized carbons (Fsp3) is 0.571. The molecule has 0 bridgehead atoms. The molecule has 1 N–H and O–H groups in total. The van der Waals surface area contributed by atoms with Crippen LogP contribution in [0.5, 0.6) is 0 Å². The van der Waals surface area contributed by atoms with Crippen LogP contribution in [0.25, 0.3) is 0 Å². The minimum absolute atomic E-state index is 0.0577. The maximum absolute atomic E-state index is 13.3. The van der Waals surface area contributed by atoms with Crippen LogP contribution >= 0.6 is 0 Å². The Balaban J connectivity index is 2.37. The molecule has 1 aliphatic heterocycles. The number of aliphatic hydroxyl groups excluding tert-OH is 1. The predicted molar refractivity (Wildman–Crippen MR) is 74.2 cm³/mol. The second kappa shape index (κ2) is 5.79. The summed E-state index contributed by atoms with van der Waals surface area (Å²) in [5.74, 6) is -0.210. The molecule has 2 rings (SSSR count). The average molecular weight is 301 g/mol. The van der Waals surface area contributed by atoms with E-state index in [0.717, 1.165) is 12.5 Å². The molecule has 0 aromatic heterocycles. The van der Waals surface area contributed by atoms with E-state index in [4.69, 9.17) is 0 Å². The van der Waals surface area contributed by atoms with E-state index in [0.29, 0.717) is 18.9 Å². The summed E-state index contributed by atoms with van der Waals surface area (Å²) in [5.41, 5.74) is 0. The van der Waals surface area contributed by atoms with Crippen LogP contribution in [0.4, 0.5) is 4.39 Å². The quantitative estimate of drug-likeness (QED) is 0.929. The van der Waals surface area contributed by atoms with E-state index in [9.17, 15) is 17.9 Å². The minimum Gasteiger partial charge on any atom is -0.392 e. The van der Waals surface area contributed by atoms with Crippen molar-refractivity contribution in [2.45, 2.75) is 43.7 Å². The smallest absolute Gasteiger partial charge is 0.243 e. The Hall–Kier alpha value is -0.980. The molecule has 0 spiro atoms. The molecule has 0 amide bonds. The van der Waals surface area contributed by atoms with E-state index in [1.54, 1.807) is 6.92 Å². The summed E-state index contributed by atoms with van der Waals surface area (Å²) < 4.78 is 39.8. The Morgan fingerprint density at radius 2 is 2.15 bits per heavy atom. The van der Waals surface area contributed by atoms with Crippen LogP contribution in [-0.4, -0.2) is 36.5 Å². The van der Waals surface area contributed by atoms with Crippen molar-refractivity contribution < 1.29 is 17.9 Å². The molecule has 1 aliphatic rings. The van der Waals surface area contributed by atoms with Gasteiger partial charge >= 0.3 is 0 Å². The highest BCUT2D eigenvalue weighted by molar-refractivity contribution is 7.89. The van der Waals surface area contributed by atoms with Crippen molar-refractivity contribution in [1.82, 2.24) is 4.31 Å². The van der Waals surface area contributed by atoms with Crippen LogP contribution in [0.1, 0.15) is 26.7 Å². The number of hydrogen-bond donors (Lipinski definition) is 1. The molecule has 0 aliphatic carbocycles.